The molecule has 0 amide bonds. The summed E-state index contributed by atoms with van der Waals surface area (Å²) < 4.78 is 0. The van der Waals surface area contributed by atoms with Gasteiger partial charge in [-0.2, -0.15) is 0 Å². The van der Waals surface area contributed by atoms with Gasteiger partial charge in [-0.15, -0.1) is 0 Å². The highest BCUT2D eigenvalue weighted by Crippen LogP contribution is 1.95. The Morgan fingerprint density at radius 3 is 1.17 bits per heavy atom. The standard InChI is InChI=1S/2C7H17NO/c2*1-4-8-6(2)5-7(3)9/h2*6-9H,4-5H2,1-3H3. The van der Waals surface area contributed by atoms with E-state index < -0.39 is 0 Å². The van der Waals surface area contributed by atoms with Crippen LogP contribution < -0.4 is 10.6 Å². The van der Waals surface area contributed by atoms with Gasteiger partial charge in [-0.25, -0.2) is 0 Å². The average Bonchev–Trinajstić information content (AvgIpc) is 2.16. The Hall–Kier alpha value is -0.160. The second-order valence-corrected chi connectivity index (χ2v) is 5.09. The number of aliphatic hydroxyl groups excluding tert-OH is 2. The van der Waals surface area contributed by atoms with Gasteiger partial charge < -0.3 is 20.8 Å². The van der Waals surface area contributed by atoms with Gasteiger partial charge in [0.05, 0.1) is 12.2 Å². The third-order valence-electron chi connectivity index (χ3n) is 2.49. The molecule has 4 nitrogen and oxygen atoms in total. The summed E-state index contributed by atoms with van der Waals surface area (Å²) in [5, 5.41) is 24.3. The maximum absolute atomic E-state index is 8.91. The molecule has 112 valence electrons. The van der Waals surface area contributed by atoms with Gasteiger partial charge in [0, 0.05) is 12.1 Å². The summed E-state index contributed by atoms with van der Waals surface area (Å²) in [6.45, 7) is 13.9. The largest absolute Gasteiger partial charge is 0.393 e. The molecule has 18 heavy (non-hydrogen) atoms. The molecule has 0 saturated carbocycles. The van der Waals surface area contributed by atoms with Crippen molar-refractivity contribution in [3.8, 4) is 0 Å². The van der Waals surface area contributed by atoms with Crippen LogP contribution in [0.1, 0.15) is 54.4 Å². The molecule has 0 aromatic rings. The Morgan fingerprint density at radius 1 is 0.722 bits per heavy atom. The smallest absolute Gasteiger partial charge is 0.0526 e. The van der Waals surface area contributed by atoms with Crippen molar-refractivity contribution >= 4 is 0 Å². The Kier molecular flexibility index (Phi) is 14.9. The Bertz CT molecular complexity index is 146. The third-order valence-corrected chi connectivity index (χ3v) is 2.49. The normalized spacial score (nSPS) is 17.3. The Labute approximate surface area is 113 Å². The molecule has 0 heterocycles. The lowest BCUT2D eigenvalue weighted by molar-refractivity contribution is 0.170. The van der Waals surface area contributed by atoms with Crippen LogP contribution >= 0.6 is 0 Å². The van der Waals surface area contributed by atoms with E-state index in [-0.39, 0.29) is 12.2 Å². The van der Waals surface area contributed by atoms with Gasteiger partial charge in [0.2, 0.25) is 0 Å². The van der Waals surface area contributed by atoms with Gasteiger partial charge in [-0.1, -0.05) is 13.8 Å². The van der Waals surface area contributed by atoms with Gasteiger partial charge in [0.15, 0.2) is 0 Å². The monoisotopic (exact) mass is 262 g/mol. The first-order valence-corrected chi connectivity index (χ1v) is 7.16. The molecule has 0 aliphatic heterocycles. The summed E-state index contributed by atoms with van der Waals surface area (Å²) >= 11 is 0. The predicted octanol–water partition coefficient (Wildman–Crippen LogP) is 1.51. The lowest BCUT2D eigenvalue weighted by atomic mass is 10.1. The zero-order chi connectivity index (χ0) is 14.6. The fourth-order valence-electron chi connectivity index (χ4n) is 1.89. The molecule has 0 aliphatic rings. The van der Waals surface area contributed by atoms with E-state index >= 15 is 0 Å². The van der Waals surface area contributed by atoms with Crippen LogP contribution in [0.3, 0.4) is 0 Å². The maximum atomic E-state index is 8.91. The summed E-state index contributed by atoms with van der Waals surface area (Å²) in [6.07, 6.45) is 1.32. The number of hydrogen-bond acceptors (Lipinski definition) is 4. The zero-order valence-electron chi connectivity index (χ0n) is 13.0. The zero-order valence-corrected chi connectivity index (χ0v) is 13.0. The van der Waals surface area contributed by atoms with Crippen molar-refractivity contribution in [3.63, 3.8) is 0 Å². The van der Waals surface area contributed by atoms with Crippen LogP contribution in [0.15, 0.2) is 0 Å². The van der Waals surface area contributed by atoms with Crippen LogP contribution in [0.4, 0.5) is 0 Å². The van der Waals surface area contributed by atoms with E-state index in [2.05, 4.69) is 38.3 Å². The molecule has 4 heteroatoms. The summed E-state index contributed by atoms with van der Waals surface area (Å²) in [5.74, 6) is 0. The first-order chi connectivity index (χ1) is 8.33. The molecule has 0 fully saturated rings. The quantitative estimate of drug-likeness (QED) is 0.535. The molecule has 0 aliphatic carbocycles. The highest BCUT2D eigenvalue weighted by atomic mass is 16.3. The summed E-state index contributed by atoms with van der Waals surface area (Å²) in [5.41, 5.74) is 0. The minimum absolute atomic E-state index is 0.181. The molecule has 0 radical (unpaired) electrons. The molecule has 0 rings (SSSR count). The number of nitrogens with one attached hydrogen (secondary N) is 2. The van der Waals surface area contributed by atoms with Gasteiger partial charge in [-0.3, -0.25) is 0 Å². The Balaban J connectivity index is 0. The maximum Gasteiger partial charge on any atom is 0.0526 e. The van der Waals surface area contributed by atoms with E-state index in [0.717, 1.165) is 25.9 Å². The van der Waals surface area contributed by atoms with Crippen molar-refractivity contribution in [1.82, 2.24) is 10.6 Å². The van der Waals surface area contributed by atoms with E-state index in [4.69, 9.17) is 10.2 Å². The fourth-order valence-corrected chi connectivity index (χ4v) is 1.89. The van der Waals surface area contributed by atoms with Gasteiger partial charge in [-0.05, 0) is 53.6 Å². The molecule has 0 aromatic carbocycles. The SMILES string of the molecule is CCNC(C)CC(C)O.CCNC(C)CC(C)O. The molecule has 4 atom stereocenters. The lowest BCUT2D eigenvalue weighted by Gasteiger charge is -2.12. The van der Waals surface area contributed by atoms with Crippen molar-refractivity contribution < 1.29 is 10.2 Å². The first kappa shape index (κ1) is 20.2. The van der Waals surface area contributed by atoms with Crippen LogP contribution in [0.2, 0.25) is 0 Å². The minimum atomic E-state index is -0.181. The Morgan fingerprint density at radius 2 is 1.00 bits per heavy atom. The van der Waals surface area contributed by atoms with E-state index in [9.17, 15) is 0 Å². The molecule has 0 spiro atoms. The first-order valence-electron chi connectivity index (χ1n) is 7.16. The number of rotatable bonds is 8. The van der Waals surface area contributed by atoms with E-state index in [1.807, 2.05) is 13.8 Å². The molecule has 0 aromatic heterocycles. The van der Waals surface area contributed by atoms with Gasteiger partial charge >= 0.3 is 0 Å². The highest BCUT2D eigenvalue weighted by Gasteiger charge is 2.03. The van der Waals surface area contributed by atoms with Crippen molar-refractivity contribution in [1.29, 1.82) is 0 Å². The predicted molar refractivity (Wildman–Crippen MR) is 78.9 cm³/mol. The molecule has 4 N–H and O–H groups in total. The second kappa shape index (κ2) is 13.3. The van der Waals surface area contributed by atoms with E-state index in [1.165, 1.54) is 0 Å². The van der Waals surface area contributed by atoms with Gasteiger partial charge in [0.1, 0.15) is 0 Å². The average molecular weight is 262 g/mol. The minimum Gasteiger partial charge on any atom is -0.393 e. The lowest BCUT2D eigenvalue weighted by Crippen LogP contribution is -2.28. The van der Waals surface area contributed by atoms with Crippen molar-refractivity contribution in [2.45, 2.75) is 78.7 Å². The van der Waals surface area contributed by atoms with Crippen molar-refractivity contribution in [3.05, 3.63) is 0 Å². The summed E-state index contributed by atoms with van der Waals surface area (Å²) in [6, 6.07) is 0.880. The summed E-state index contributed by atoms with van der Waals surface area (Å²) in [7, 11) is 0. The van der Waals surface area contributed by atoms with Crippen LogP contribution in [0, 0.1) is 0 Å². The summed E-state index contributed by atoms with van der Waals surface area (Å²) in [4.78, 5) is 0. The van der Waals surface area contributed by atoms with Crippen LogP contribution in [-0.4, -0.2) is 47.6 Å². The topological polar surface area (TPSA) is 64.5 Å². The molecule has 4 unspecified atom stereocenters. The number of hydrogen-bond donors (Lipinski definition) is 4. The van der Waals surface area contributed by atoms with Crippen molar-refractivity contribution in [2.24, 2.45) is 0 Å². The number of aliphatic hydroxyl groups is 2. The van der Waals surface area contributed by atoms with Crippen molar-refractivity contribution in [2.75, 3.05) is 13.1 Å². The van der Waals surface area contributed by atoms with Gasteiger partial charge in [0.25, 0.3) is 0 Å². The second-order valence-electron chi connectivity index (χ2n) is 5.09. The third kappa shape index (κ3) is 18.2. The van der Waals surface area contributed by atoms with E-state index in [1.54, 1.807) is 0 Å². The highest BCUT2D eigenvalue weighted by molar-refractivity contribution is 4.62. The van der Waals surface area contributed by atoms with Crippen LogP contribution in [0.25, 0.3) is 0 Å². The molecule has 0 bridgehead atoms. The molecule has 0 saturated heterocycles. The molecular formula is C14H34N2O2. The molecular weight excluding hydrogens is 228 g/mol. The van der Waals surface area contributed by atoms with E-state index in [0.29, 0.717) is 12.1 Å². The van der Waals surface area contributed by atoms with Crippen LogP contribution in [-0.2, 0) is 0 Å². The van der Waals surface area contributed by atoms with Crippen LogP contribution in [0.5, 0.6) is 0 Å². The fraction of sp³-hybridized carbons (Fsp3) is 1.00.